The van der Waals surface area contributed by atoms with Crippen molar-refractivity contribution in [2.24, 2.45) is 5.73 Å². The van der Waals surface area contributed by atoms with Crippen molar-refractivity contribution in [2.45, 2.75) is 10.6 Å². The SMILES string of the molecule is N=C(N)c1cccc(CSc2ccc(F)cc2)c1. The van der Waals surface area contributed by atoms with E-state index >= 15 is 0 Å². The molecule has 2 rings (SSSR count). The van der Waals surface area contributed by atoms with Gasteiger partial charge in [-0.25, -0.2) is 4.39 Å². The maximum atomic E-state index is 12.7. The Morgan fingerprint density at radius 3 is 2.56 bits per heavy atom. The van der Waals surface area contributed by atoms with E-state index in [-0.39, 0.29) is 11.7 Å². The monoisotopic (exact) mass is 260 g/mol. The highest BCUT2D eigenvalue weighted by Gasteiger charge is 2.00. The molecule has 0 unspecified atom stereocenters. The van der Waals surface area contributed by atoms with Gasteiger partial charge in [0.2, 0.25) is 0 Å². The van der Waals surface area contributed by atoms with Crippen LogP contribution in [0.25, 0.3) is 0 Å². The molecule has 0 heterocycles. The number of halogens is 1. The topological polar surface area (TPSA) is 49.9 Å². The molecule has 0 radical (unpaired) electrons. The van der Waals surface area contributed by atoms with Gasteiger partial charge in [-0.1, -0.05) is 18.2 Å². The molecule has 0 aliphatic rings. The summed E-state index contributed by atoms with van der Waals surface area (Å²) in [4.78, 5) is 1.02. The van der Waals surface area contributed by atoms with Gasteiger partial charge in [-0.15, -0.1) is 11.8 Å². The fourth-order valence-electron chi connectivity index (χ4n) is 1.53. The van der Waals surface area contributed by atoms with Gasteiger partial charge in [0.25, 0.3) is 0 Å². The number of rotatable bonds is 4. The molecule has 0 saturated carbocycles. The number of nitrogens with two attached hydrogens (primary N) is 1. The molecule has 2 aromatic carbocycles. The van der Waals surface area contributed by atoms with Crippen LogP contribution in [0.3, 0.4) is 0 Å². The van der Waals surface area contributed by atoms with E-state index in [0.717, 1.165) is 21.8 Å². The first-order valence-electron chi connectivity index (χ1n) is 5.47. The number of thioether (sulfide) groups is 1. The molecule has 2 nitrogen and oxygen atoms in total. The Hall–Kier alpha value is -1.81. The van der Waals surface area contributed by atoms with Gasteiger partial charge in [-0.2, -0.15) is 0 Å². The van der Waals surface area contributed by atoms with Crippen LogP contribution in [0.2, 0.25) is 0 Å². The normalized spacial score (nSPS) is 10.3. The van der Waals surface area contributed by atoms with Gasteiger partial charge in [0.05, 0.1) is 0 Å². The van der Waals surface area contributed by atoms with E-state index < -0.39 is 0 Å². The molecule has 92 valence electrons. The first-order chi connectivity index (χ1) is 8.65. The Kier molecular flexibility index (Phi) is 3.99. The van der Waals surface area contributed by atoms with E-state index in [2.05, 4.69) is 0 Å². The number of amidine groups is 1. The van der Waals surface area contributed by atoms with Crippen LogP contribution in [0.1, 0.15) is 11.1 Å². The lowest BCUT2D eigenvalue weighted by Gasteiger charge is -2.04. The number of benzene rings is 2. The van der Waals surface area contributed by atoms with Crippen LogP contribution in [-0.4, -0.2) is 5.84 Å². The Labute approximate surface area is 110 Å². The average Bonchev–Trinajstić information content (AvgIpc) is 2.38. The fraction of sp³-hybridized carbons (Fsp3) is 0.0714. The minimum Gasteiger partial charge on any atom is -0.384 e. The van der Waals surface area contributed by atoms with Crippen LogP contribution >= 0.6 is 11.8 Å². The van der Waals surface area contributed by atoms with Gasteiger partial charge in [0.15, 0.2) is 0 Å². The fourth-order valence-corrected chi connectivity index (χ4v) is 2.37. The van der Waals surface area contributed by atoms with Crippen molar-refractivity contribution in [3.8, 4) is 0 Å². The predicted molar refractivity (Wildman–Crippen MR) is 73.4 cm³/mol. The molecule has 0 aliphatic carbocycles. The van der Waals surface area contributed by atoms with Crippen molar-refractivity contribution in [2.75, 3.05) is 0 Å². The molecular formula is C14H13FN2S. The van der Waals surface area contributed by atoms with Gasteiger partial charge in [-0.3, -0.25) is 5.41 Å². The van der Waals surface area contributed by atoms with E-state index in [9.17, 15) is 4.39 Å². The number of hydrogen-bond donors (Lipinski definition) is 2. The first-order valence-corrected chi connectivity index (χ1v) is 6.45. The third-order valence-electron chi connectivity index (χ3n) is 2.46. The summed E-state index contributed by atoms with van der Waals surface area (Å²) in [5.41, 5.74) is 7.26. The molecule has 18 heavy (non-hydrogen) atoms. The minimum absolute atomic E-state index is 0.0728. The smallest absolute Gasteiger partial charge is 0.123 e. The molecule has 0 aromatic heterocycles. The first kappa shape index (κ1) is 12.6. The van der Waals surface area contributed by atoms with Gasteiger partial charge < -0.3 is 5.73 Å². The van der Waals surface area contributed by atoms with E-state index in [1.54, 1.807) is 23.9 Å². The average molecular weight is 260 g/mol. The summed E-state index contributed by atoms with van der Waals surface area (Å²) < 4.78 is 12.7. The van der Waals surface area contributed by atoms with Gasteiger partial charge in [0, 0.05) is 16.2 Å². The van der Waals surface area contributed by atoms with Crippen LogP contribution in [0.5, 0.6) is 0 Å². The van der Waals surface area contributed by atoms with Crippen LogP contribution < -0.4 is 5.73 Å². The lowest BCUT2D eigenvalue weighted by molar-refractivity contribution is 0.626. The highest BCUT2D eigenvalue weighted by atomic mass is 32.2. The molecule has 0 spiro atoms. The molecule has 4 heteroatoms. The summed E-state index contributed by atoms with van der Waals surface area (Å²) in [6.45, 7) is 0. The van der Waals surface area contributed by atoms with Crippen LogP contribution in [0, 0.1) is 11.2 Å². The molecule has 0 bridgehead atoms. The maximum Gasteiger partial charge on any atom is 0.123 e. The second-order valence-electron chi connectivity index (χ2n) is 3.86. The summed E-state index contributed by atoms with van der Waals surface area (Å²) in [7, 11) is 0. The summed E-state index contributed by atoms with van der Waals surface area (Å²) in [5.74, 6) is 0.619. The Morgan fingerprint density at radius 1 is 1.17 bits per heavy atom. The Morgan fingerprint density at radius 2 is 1.89 bits per heavy atom. The minimum atomic E-state index is -0.224. The van der Waals surface area contributed by atoms with E-state index in [0.29, 0.717) is 0 Å². The lowest BCUT2D eigenvalue weighted by atomic mass is 10.1. The van der Waals surface area contributed by atoms with Crippen LogP contribution in [0.15, 0.2) is 53.4 Å². The molecule has 0 atom stereocenters. The van der Waals surface area contributed by atoms with Crippen molar-refractivity contribution in [3.05, 3.63) is 65.5 Å². The van der Waals surface area contributed by atoms with Crippen molar-refractivity contribution < 1.29 is 4.39 Å². The van der Waals surface area contributed by atoms with Crippen molar-refractivity contribution in [1.29, 1.82) is 5.41 Å². The largest absolute Gasteiger partial charge is 0.384 e. The van der Waals surface area contributed by atoms with Crippen molar-refractivity contribution in [3.63, 3.8) is 0 Å². The predicted octanol–water partition coefficient (Wildman–Crippen LogP) is 3.40. The Bertz CT molecular complexity index is 552. The molecule has 0 fully saturated rings. The lowest BCUT2D eigenvalue weighted by Crippen LogP contribution is -2.10. The van der Waals surface area contributed by atoms with Gasteiger partial charge in [-0.05, 0) is 35.9 Å². The zero-order valence-corrected chi connectivity index (χ0v) is 10.5. The molecule has 0 aliphatic heterocycles. The quantitative estimate of drug-likeness (QED) is 0.503. The highest BCUT2D eigenvalue weighted by molar-refractivity contribution is 7.98. The van der Waals surface area contributed by atoms with Gasteiger partial charge in [0.1, 0.15) is 11.7 Å². The standard InChI is InChI=1S/C14H13FN2S/c15-12-4-6-13(7-5-12)18-9-10-2-1-3-11(8-10)14(16)17/h1-8H,9H2,(H3,16,17). The zero-order valence-electron chi connectivity index (χ0n) is 9.69. The number of nitrogens with one attached hydrogen (secondary N) is 1. The molecule has 2 aromatic rings. The zero-order chi connectivity index (χ0) is 13.0. The third kappa shape index (κ3) is 3.34. The van der Waals surface area contributed by atoms with Gasteiger partial charge >= 0.3 is 0 Å². The molecule has 3 N–H and O–H groups in total. The van der Waals surface area contributed by atoms with E-state index in [4.69, 9.17) is 11.1 Å². The number of nitrogen functional groups attached to an aromatic ring is 1. The molecule has 0 saturated heterocycles. The molecular weight excluding hydrogens is 247 g/mol. The summed E-state index contributed by atoms with van der Waals surface area (Å²) in [6, 6.07) is 14.0. The second kappa shape index (κ2) is 5.69. The van der Waals surface area contributed by atoms with E-state index in [1.807, 2.05) is 24.3 Å². The van der Waals surface area contributed by atoms with E-state index in [1.165, 1.54) is 12.1 Å². The van der Waals surface area contributed by atoms with Crippen LogP contribution in [0.4, 0.5) is 4.39 Å². The summed E-state index contributed by atoms with van der Waals surface area (Å²) in [6.07, 6.45) is 0. The van der Waals surface area contributed by atoms with Crippen molar-refractivity contribution >= 4 is 17.6 Å². The van der Waals surface area contributed by atoms with Crippen molar-refractivity contribution in [1.82, 2.24) is 0 Å². The Balaban J connectivity index is 2.04. The summed E-state index contributed by atoms with van der Waals surface area (Å²) in [5, 5.41) is 7.38. The third-order valence-corrected chi connectivity index (χ3v) is 3.54. The number of hydrogen-bond acceptors (Lipinski definition) is 2. The highest BCUT2D eigenvalue weighted by Crippen LogP contribution is 2.23. The maximum absolute atomic E-state index is 12.7. The second-order valence-corrected chi connectivity index (χ2v) is 4.91. The van der Waals surface area contributed by atoms with Crippen LogP contribution in [-0.2, 0) is 5.75 Å². The summed E-state index contributed by atoms with van der Waals surface area (Å²) >= 11 is 1.62. The molecule has 0 amide bonds.